The van der Waals surface area contributed by atoms with E-state index in [9.17, 15) is 30.7 Å². The molecule has 3 rings (SSSR count). The first-order chi connectivity index (χ1) is 16.6. The number of hydrogen-bond acceptors (Lipinski definition) is 0. The summed E-state index contributed by atoms with van der Waals surface area (Å²) < 4.78 is 94.8. The molecule has 0 bridgehead atoms. The van der Waals surface area contributed by atoms with Gasteiger partial charge in [0, 0.05) is 5.92 Å². The first kappa shape index (κ1) is 26.3. The standard InChI is InChI=1S/C28H23F7/c1-2-3-4-5-6-7-18-8-10-19(11-9-18)20-14-25(31)27(26(32)15-20)21-16-23(29)22(24(30)17-21)12-13-28(33,34)35/h8-11,14-17H,2-7H2,1H3. The molecule has 0 amide bonds. The minimum atomic E-state index is -4.95. The summed E-state index contributed by atoms with van der Waals surface area (Å²) in [5, 5.41) is 0. The second-order valence-electron chi connectivity index (χ2n) is 8.24. The zero-order valence-corrected chi connectivity index (χ0v) is 19.0. The maximum Gasteiger partial charge on any atom is 0.458 e. The summed E-state index contributed by atoms with van der Waals surface area (Å²) in [6.45, 7) is 2.15. The summed E-state index contributed by atoms with van der Waals surface area (Å²) in [4.78, 5) is 0. The molecule has 3 aromatic carbocycles. The number of unbranched alkanes of at least 4 members (excludes halogenated alkanes) is 4. The average Bonchev–Trinajstić information content (AvgIpc) is 2.77. The monoisotopic (exact) mass is 492 g/mol. The molecule has 0 saturated carbocycles. The topological polar surface area (TPSA) is 0 Å². The Bertz CT molecular complexity index is 1180. The van der Waals surface area contributed by atoms with Crippen molar-refractivity contribution in [2.45, 2.75) is 51.6 Å². The average molecular weight is 492 g/mol. The molecule has 3 aromatic rings. The smallest absolute Gasteiger partial charge is 0.206 e. The number of halogens is 7. The molecule has 0 aliphatic heterocycles. The summed E-state index contributed by atoms with van der Waals surface area (Å²) in [6.07, 6.45) is 1.74. The van der Waals surface area contributed by atoms with Crippen LogP contribution in [0.3, 0.4) is 0 Å². The van der Waals surface area contributed by atoms with Crippen molar-refractivity contribution in [3.63, 3.8) is 0 Å². The van der Waals surface area contributed by atoms with Crippen LogP contribution in [0.1, 0.15) is 50.2 Å². The Morgan fingerprint density at radius 1 is 0.657 bits per heavy atom. The van der Waals surface area contributed by atoms with Crippen molar-refractivity contribution in [2.24, 2.45) is 0 Å². The number of benzene rings is 3. The van der Waals surface area contributed by atoms with Crippen molar-refractivity contribution in [1.82, 2.24) is 0 Å². The zero-order chi connectivity index (χ0) is 25.6. The van der Waals surface area contributed by atoms with Crippen LogP contribution in [0, 0.1) is 35.1 Å². The Hall–Kier alpha value is -3.27. The molecule has 0 aliphatic rings. The molecule has 184 valence electrons. The van der Waals surface area contributed by atoms with Gasteiger partial charge in [-0.25, -0.2) is 17.6 Å². The van der Waals surface area contributed by atoms with Crippen LogP contribution >= 0.6 is 0 Å². The molecule has 0 unspecified atom stereocenters. The van der Waals surface area contributed by atoms with Gasteiger partial charge < -0.3 is 0 Å². The highest BCUT2D eigenvalue weighted by atomic mass is 19.4. The SMILES string of the molecule is CCCCCCCc1ccc(-c2cc(F)c(-c3cc(F)c(C#CC(F)(F)F)c(F)c3)c(F)c2)cc1. The summed E-state index contributed by atoms with van der Waals surface area (Å²) >= 11 is 0. The van der Waals surface area contributed by atoms with E-state index in [4.69, 9.17) is 0 Å². The van der Waals surface area contributed by atoms with Crippen molar-refractivity contribution in [3.05, 3.63) is 82.9 Å². The van der Waals surface area contributed by atoms with Crippen LogP contribution in [-0.4, -0.2) is 6.18 Å². The second kappa shape index (κ2) is 11.4. The van der Waals surface area contributed by atoms with Crippen LogP contribution in [-0.2, 0) is 6.42 Å². The van der Waals surface area contributed by atoms with Crippen LogP contribution in [0.5, 0.6) is 0 Å². The zero-order valence-electron chi connectivity index (χ0n) is 19.0. The number of alkyl halides is 3. The first-order valence-electron chi connectivity index (χ1n) is 11.3. The molecule has 0 nitrogen and oxygen atoms in total. The lowest BCUT2D eigenvalue weighted by Crippen LogP contribution is -2.03. The lowest BCUT2D eigenvalue weighted by atomic mass is 9.96. The van der Waals surface area contributed by atoms with E-state index in [1.54, 1.807) is 12.1 Å². The number of hydrogen-bond donors (Lipinski definition) is 0. The lowest BCUT2D eigenvalue weighted by molar-refractivity contribution is -0.0696. The number of aryl methyl sites for hydroxylation is 1. The Morgan fingerprint density at radius 2 is 1.20 bits per heavy atom. The third-order valence-corrected chi connectivity index (χ3v) is 5.56. The van der Waals surface area contributed by atoms with Gasteiger partial charge in [0.1, 0.15) is 23.3 Å². The normalized spacial score (nSPS) is 11.3. The molecule has 0 atom stereocenters. The third-order valence-electron chi connectivity index (χ3n) is 5.56. The fourth-order valence-corrected chi connectivity index (χ4v) is 3.78. The molecular formula is C28H23F7. The van der Waals surface area contributed by atoms with Gasteiger partial charge in [0.25, 0.3) is 0 Å². The summed E-state index contributed by atoms with van der Waals surface area (Å²) in [6, 6.07) is 10.5. The van der Waals surface area contributed by atoms with Crippen molar-refractivity contribution >= 4 is 0 Å². The molecule has 0 saturated heterocycles. The van der Waals surface area contributed by atoms with Gasteiger partial charge in [-0.3, -0.25) is 0 Å². The maximum atomic E-state index is 14.8. The van der Waals surface area contributed by atoms with Crippen LogP contribution in [0.15, 0.2) is 48.5 Å². The quantitative estimate of drug-likeness (QED) is 0.167. The van der Waals surface area contributed by atoms with Gasteiger partial charge >= 0.3 is 6.18 Å². The van der Waals surface area contributed by atoms with Gasteiger partial charge in [0.2, 0.25) is 0 Å². The van der Waals surface area contributed by atoms with Crippen LogP contribution in [0.2, 0.25) is 0 Å². The highest BCUT2D eigenvalue weighted by Crippen LogP contribution is 2.33. The fourth-order valence-electron chi connectivity index (χ4n) is 3.78. The van der Waals surface area contributed by atoms with Gasteiger partial charge in [-0.2, -0.15) is 13.2 Å². The third kappa shape index (κ3) is 7.11. The highest BCUT2D eigenvalue weighted by molar-refractivity contribution is 5.72. The lowest BCUT2D eigenvalue weighted by Gasteiger charge is -2.11. The summed E-state index contributed by atoms with van der Waals surface area (Å²) in [5.74, 6) is -2.89. The molecule has 0 N–H and O–H groups in total. The number of rotatable bonds is 8. The largest absolute Gasteiger partial charge is 0.458 e. The molecule has 0 spiro atoms. The highest BCUT2D eigenvalue weighted by Gasteiger charge is 2.24. The predicted octanol–water partition coefficient (Wildman–Crippen LogP) is 9.00. The Labute approximate surface area is 199 Å². The van der Waals surface area contributed by atoms with Crippen LogP contribution < -0.4 is 0 Å². The van der Waals surface area contributed by atoms with Gasteiger partial charge in [0.15, 0.2) is 0 Å². The minimum Gasteiger partial charge on any atom is -0.206 e. The van der Waals surface area contributed by atoms with Gasteiger partial charge in [-0.05, 0) is 59.4 Å². The summed E-state index contributed by atoms with van der Waals surface area (Å²) in [7, 11) is 0. The first-order valence-corrected chi connectivity index (χ1v) is 11.3. The van der Waals surface area contributed by atoms with Gasteiger partial charge in [-0.1, -0.05) is 62.8 Å². The fraction of sp³-hybridized carbons (Fsp3) is 0.286. The van der Waals surface area contributed by atoms with E-state index >= 15 is 0 Å². The predicted molar refractivity (Wildman–Crippen MR) is 123 cm³/mol. The molecular weight excluding hydrogens is 469 g/mol. The van der Waals surface area contributed by atoms with Crippen molar-refractivity contribution in [2.75, 3.05) is 0 Å². The van der Waals surface area contributed by atoms with E-state index in [1.165, 1.54) is 25.2 Å². The van der Waals surface area contributed by atoms with Gasteiger partial charge in [-0.15, -0.1) is 0 Å². The molecule has 0 heterocycles. The van der Waals surface area contributed by atoms with E-state index in [-0.39, 0.29) is 5.56 Å². The van der Waals surface area contributed by atoms with Gasteiger partial charge in [0.05, 0.1) is 11.1 Å². The van der Waals surface area contributed by atoms with Crippen molar-refractivity contribution in [1.29, 1.82) is 0 Å². The van der Waals surface area contributed by atoms with E-state index in [2.05, 4.69) is 6.92 Å². The van der Waals surface area contributed by atoms with Crippen molar-refractivity contribution < 1.29 is 30.7 Å². The van der Waals surface area contributed by atoms with Crippen molar-refractivity contribution in [3.8, 4) is 34.1 Å². The van der Waals surface area contributed by atoms with Crippen LogP contribution in [0.4, 0.5) is 30.7 Å². The molecule has 0 fully saturated rings. The Morgan fingerprint density at radius 3 is 1.74 bits per heavy atom. The van der Waals surface area contributed by atoms with E-state index in [0.717, 1.165) is 42.9 Å². The second-order valence-corrected chi connectivity index (χ2v) is 8.24. The maximum absolute atomic E-state index is 14.8. The molecule has 0 aliphatic carbocycles. The molecule has 35 heavy (non-hydrogen) atoms. The van der Waals surface area contributed by atoms with Crippen LogP contribution in [0.25, 0.3) is 22.3 Å². The minimum absolute atomic E-state index is 0.242. The summed E-state index contributed by atoms with van der Waals surface area (Å²) in [5.41, 5.74) is -0.384. The van der Waals surface area contributed by atoms with E-state index in [1.807, 2.05) is 12.1 Å². The Balaban J connectivity index is 1.83. The molecule has 0 aromatic heterocycles. The Kier molecular flexibility index (Phi) is 8.61. The van der Waals surface area contributed by atoms with E-state index < -0.39 is 46.1 Å². The van der Waals surface area contributed by atoms with E-state index in [0.29, 0.717) is 17.7 Å². The molecule has 0 radical (unpaired) electrons. The molecule has 7 heteroatoms.